The molecule has 0 fully saturated rings. The second-order valence-electron chi connectivity index (χ2n) is 4.80. The summed E-state index contributed by atoms with van der Waals surface area (Å²) >= 11 is 0. The van der Waals surface area contributed by atoms with E-state index in [0.717, 1.165) is 22.2 Å². The van der Waals surface area contributed by atoms with Gasteiger partial charge in [-0.25, -0.2) is 5.01 Å². The number of rotatable bonds is 3. The Bertz CT molecular complexity index is 887. The van der Waals surface area contributed by atoms with Crippen LogP contribution < -0.4 is 10.7 Å². The topological polar surface area (TPSA) is 145 Å². The van der Waals surface area contributed by atoms with Crippen molar-refractivity contribution in [3.05, 3.63) is 76.5 Å². The first-order chi connectivity index (χ1) is 12.0. The number of nitrogens with two attached hydrogens (primary N) is 1. The lowest BCUT2D eigenvalue weighted by molar-refractivity contribution is -0.742. The van der Waals surface area contributed by atoms with Crippen molar-refractivity contribution in [2.75, 3.05) is 5.01 Å². The van der Waals surface area contributed by atoms with Crippen LogP contribution in [0.3, 0.4) is 0 Å². The van der Waals surface area contributed by atoms with Crippen LogP contribution in [0, 0.1) is 15.5 Å². The van der Waals surface area contributed by atoms with Gasteiger partial charge in [0.2, 0.25) is 5.96 Å². The molecule has 0 amide bonds. The van der Waals surface area contributed by atoms with Crippen LogP contribution in [-0.4, -0.2) is 27.5 Å². The first-order valence-corrected chi connectivity index (χ1v) is 7.11. The molecule has 0 aliphatic heterocycles. The molecule has 3 aromatic rings. The largest absolute Gasteiger partial charge is 0.368 e. The number of aromatic nitrogens is 1. The molecule has 128 valence electrons. The van der Waals surface area contributed by atoms with Crippen LogP contribution in [0.4, 0.5) is 5.69 Å². The van der Waals surface area contributed by atoms with Gasteiger partial charge < -0.3 is 15.9 Å². The van der Waals surface area contributed by atoms with E-state index >= 15 is 0 Å². The van der Waals surface area contributed by atoms with E-state index in [0.29, 0.717) is 0 Å². The third kappa shape index (κ3) is 4.79. The SMILES string of the molecule is N=C(N)N(/N=C\c1c[nH]c2ccccc12)c1ccccc1.O=[N+]([O-])O. The highest BCUT2D eigenvalue weighted by Crippen LogP contribution is 2.17. The third-order valence-corrected chi connectivity index (χ3v) is 3.16. The minimum atomic E-state index is -1.50. The van der Waals surface area contributed by atoms with E-state index in [4.69, 9.17) is 26.5 Å². The maximum absolute atomic E-state index is 8.36. The molecular formula is C16H16N6O3. The van der Waals surface area contributed by atoms with Gasteiger partial charge in [-0.15, -0.1) is 10.1 Å². The van der Waals surface area contributed by atoms with Gasteiger partial charge in [0.1, 0.15) is 0 Å². The van der Waals surface area contributed by atoms with Crippen LogP contribution in [-0.2, 0) is 0 Å². The minimum absolute atomic E-state index is 0.128. The molecule has 2 aromatic carbocycles. The molecule has 0 unspecified atom stereocenters. The average molecular weight is 340 g/mol. The number of nitrogens with one attached hydrogen (secondary N) is 2. The van der Waals surface area contributed by atoms with Gasteiger partial charge in [0.25, 0.3) is 5.09 Å². The molecule has 0 radical (unpaired) electrons. The Hall–Kier alpha value is -3.88. The summed E-state index contributed by atoms with van der Waals surface area (Å²) in [5.74, 6) is -0.128. The molecule has 9 heteroatoms. The summed E-state index contributed by atoms with van der Waals surface area (Å²) in [6.07, 6.45) is 3.59. The lowest BCUT2D eigenvalue weighted by Gasteiger charge is -2.16. The Morgan fingerprint density at radius 2 is 1.84 bits per heavy atom. The molecule has 0 saturated carbocycles. The molecule has 0 aliphatic rings. The number of hydrogen-bond donors (Lipinski definition) is 4. The number of aromatic amines is 1. The van der Waals surface area contributed by atoms with Crippen molar-refractivity contribution in [3.63, 3.8) is 0 Å². The fourth-order valence-electron chi connectivity index (χ4n) is 2.16. The molecule has 0 atom stereocenters. The van der Waals surface area contributed by atoms with Gasteiger partial charge in [0.05, 0.1) is 11.9 Å². The zero-order valence-electron chi connectivity index (χ0n) is 13.0. The Labute approximate surface area is 142 Å². The minimum Gasteiger partial charge on any atom is -0.368 e. The van der Waals surface area contributed by atoms with Crippen LogP contribution in [0.2, 0.25) is 0 Å². The smallest absolute Gasteiger partial charge is 0.291 e. The first-order valence-electron chi connectivity index (χ1n) is 7.11. The number of nitrogens with zero attached hydrogens (tertiary/aromatic N) is 3. The van der Waals surface area contributed by atoms with Crippen molar-refractivity contribution in [1.82, 2.24) is 4.98 Å². The predicted molar refractivity (Wildman–Crippen MR) is 95.5 cm³/mol. The van der Waals surface area contributed by atoms with Crippen molar-refractivity contribution >= 4 is 28.8 Å². The molecule has 3 rings (SSSR count). The number of guanidine groups is 1. The molecule has 0 spiro atoms. The van der Waals surface area contributed by atoms with Crippen molar-refractivity contribution in [2.24, 2.45) is 10.8 Å². The summed E-state index contributed by atoms with van der Waals surface area (Å²) in [5, 5.41) is 28.1. The fourth-order valence-corrected chi connectivity index (χ4v) is 2.16. The number of benzene rings is 2. The summed E-state index contributed by atoms with van der Waals surface area (Å²) in [6.45, 7) is 0. The first kappa shape index (κ1) is 17.5. The highest BCUT2D eigenvalue weighted by atomic mass is 16.9. The number of H-pyrrole nitrogens is 1. The van der Waals surface area contributed by atoms with Gasteiger partial charge in [0.15, 0.2) is 0 Å². The summed E-state index contributed by atoms with van der Waals surface area (Å²) in [6, 6.07) is 17.4. The fraction of sp³-hybridized carbons (Fsp3) is 0. The quantitative estimate of drug-likeness (QED) is 0.250. The van der Waals surface area contributed by atoms with Gasteiger partial charge in [-0.3, -0.25) is 5.41 Å². The molecule has 0 saturated heterocycles. The van der Waals surface area contributed by atoms with Gasteiger partial charge in [-0.2, -0.15) is 5.10 Å². The highest BCUT2D eigenvalue weighted by Gasteiger charge is 2.07. The number of anilines is 1. The Kier molecular flexibility index (Phi) is 5.67. The van der Waals surface area contributed by atoms with Crippen LogP contribution in [0.5, 0.6) is 0 Å². The zero-order chi connectivity index (χ0) is 18.2. The number of hydrazone groups is 1. The lowest BCUT2D eigenvalue weighted by Crippen LogP contribution is -2.32. The van der Waals surface area contributed by atoms with E-state index in [2.05, 4.69) is 10.1 Å². The maximum Gasteiger partial charge on any atom is 0.291 e. The second kappa shape index (κ2) is 8.11. The van der Waals surface area contributed by atoms with E-state index in [9.17, 15) is 0 Å². The van der Waals surface area contributed by atoms with Crippen LogP contribution in [0.25, 0.3) is 10.9 Å². The van der Waals surface area contributed by atoms with Crippen molar-refractivity contribution in [3.8, 4) is 0 Å². The zero-order valence-corrected chi connectivity index (χ0v) is 13.0. The Morgan fingerprint density at radius 3 is 2.48 bits per heavy atom. The standard InChI is InChI=1S/C16H15N5.HNO3/c17-16(18)21(13-6-2-1-3-7-13)20-11-12-10-19-15-9-5-4-8-14(12)15;2-1(3)4/h1-11,19H,(H3,17,18);(H,2,3,4)/b20-11-;. The molecule has 0 bridgehead atoms. The van der Waals surface area contributed by atoms with E-state index in [-0.39, 0.29) is 5.96 Å². The van der Waals surface area contributed by atoms with E-state index < -0.39 is 5.09 Å². The van der Waals surface area contributed by atoms with E-state index in [1.807, 2.05) is 60.8 Å². The van der Waals surface area contributed by atoms with E-state index in [1.165, 1.54) is 5.01 Å². The van der Waals surface area contributed by atoms with Gasteiger partial charge in [-0.1, -0.05) is 36.4 Å². The van der Waals surface area contributed by atoms with Crippen LogP contribution >= 0.6 is 0 Å². The van der Waals surface area contributed by atoms with Crippen molar-refractivity contribution < 1.29 is 10.3 Å². The molecule has 0 aliphatic carbocycles. The molecule has 5 N–H and O–H groups in total. The third-order valence-electron chi connectivity index (χ3n) is 3.16. The van der Waals surface area contributed by atoms with Gasteiger partial charge in [-0.05, 0) is 18.2 Å². The van der Waals surface area contributed by atoms with Crippen molar-refractivity contribution in [1.29, 1.82) is 5.41 Å². The summed E-state index contributed by atoms with van der Waals surface area (Å²) < 4.78 is 0. The number of fused-ring (bicyclic) bond motifs is 1. The highest BCUT2D eigenvalue weighted by molar-refractivity contribution is 6.01. The number of para-hydroxylation sites is 2. The van der Waals surface area contributed by atoms with Crippen LogP contribution in [0.1, 0.15) is 5.56 Å². The molecule has 9 nitrogen and oxygen atoms in total. The monoisotopic (exact) mass is 340 g/mol. The number of hydrogen-bond acceptors (Lipinski definition) is 4. The molecule has 25 heavy (non-hydrogen) atoms. The maximum atomic E-state index is 8.36. The summed E-state index contributed by atoms with van der Waals surface area (Å²) in [5.41, 5.74) is 8.36. The van der Waals surface area contributed by atoms with Crippen molar-refractivity contribution in [2.45, 2.75) is 0 Å². The molecule has 1 aromatic heterocycles. The lowest BCUT2D eigenvalue weighted by atomic mass is 10.2. The molecule has 1 heterocycles. The predicted octanol–water partition coefficient (Wildman–Crippen LogP) is 2.55. The normalized spacial score (nSPS) is 10.2. The Balaban J connectivity index is 0.000000511. The average Bonchev–Trinajstić information content (AvgIpc) is 2.99. The second-order valence-corrected chi connectivity index (χ2v) is 4.80. The Morgan fingerprint density at radius 1 is 1.24 bits per heavy atom. The summed E-state index contributed by atoms with van der Waals surface area (Å²) in [4.78, 5) is 11.5. The van der Waals surface area contributed by atoms with Crippen LogP contribution in [0.15, 0.2) is 65.9 Å². The van der Waals surface area contributed by atoms with Gasteiger partial charge in [0, 0.05) is 22.7 Å². The summed E-state index contributed by atoms with van der Waals surface area (Å²) in [7, 11) is 0. The molecular weight excluding hydrogens is 324 g/mol. The van der Waals surface area contributed by atoms with E-state index in [1.54, 1.807) is 6.21 Å². The van der Waals surface area contributed by atoms with Gasteiger partial charge >= 0.3 is 0 Å².